The molecule has 1 aromatic heterocycles. The van der Waals surface area contributed by atoms with E-state index in [0.29, 0.717) is 33.0 Å². The number of nitrogens with zero attached hydrogens (tertiary/aromatic N) is 3. The zero-order valence-corrected chi connectivity index (χ0v) is 18.5. The Morgan fingerprint density at radius 1 is 1.10 bits per heavy atom. The normalized spacial score (nSPS) is 15.1. The minimum atomic E-state index is -0.319. The van der Waals surface area contributed by atoms with Gasteiger partial charge in [0.05, 0.1) is 10.2 Å². The van der Waals surface area contributed by atoms with E-state index in [-0.39, 0.29) is 17.0 Å². The molecule has 4 rings (SSSR count). The standard InChI is InChI=1S/C24H20ClN3O2S/c1-16-4-10-19(11-5-16)28-23(30)21(14-17-6-8-18(25)9-7-17)31-24(28)20(15-26)22(29)27-12-2-3-13-27/h4-11,14H,2-3,12-13H2,1H3/b21-14-,24-20+. The molecule has 0 atom stereocenters. The lowest BCUT2D eigenvalue weighted by Gasteiger charge is -2.14. The summed E-state index contributed by atoms with van der Waals surface area (Å²) in [6.45, 7) is 3.23. The van der Waals surface area contributed by atoms with Crippen LogP contribution in [0, 0.1) is 18.3 Å². The number of aromatic nitrogens is 1. The maximum atomic E-state index is 13.4. The number of hydrogen-bond acceptors (Lipinski definition) is 4. The first kappa shape index (κ1) is 21.1. The van der Waals surface area contributed by atoms with Crippen LogP contribution in [-0.4, -0.2) is 28.5 Å². The van der Waals surface area contributed by atoms with Gasteiger partial charge >= 0.3 is 0 Å². The third kappa shape index (κ3) is 4.34. The van der Waals surface area contributed by atoms with Crippen LogP contribution in [0.25, 0.3) is 17.3 Å². The van der Waals surface area contributed by atoms with Gasteiger partial charge in [0.15, 0.2) is 5.57 Å². The van der Waals surface area contributed by atoms with Crippen molar-refractivity contribution in [3.05, 3.63) is 84.2 Å². The first-order valence-corrected chi connectivity index (χ1v) is 11.2. The SMILES string of the molecule is Cc1ccc(-n2c(=O)/c(=C/c3ccc(Cl)cc3)s/c2=C(\C#N)C(=O)N2CCCC2)cc1. The summed E-state index contributed by atoms with van der Waals surface area (Å²) in [5.74, 6) is -0.319. The average molecular weight is 450 g/mol. The van der Waals surface area contributed by atoms with Crippen molar-refractivity contribution in [3.8, 4) is 11.8 Å². The monoisotopic (exact) mass is 449 g/mol. The van der Waals surface area contributed by atoms with Gasteiger partial charge in [-0.2, -0.15) is 5.26 Å². The highest BCUT2D eigenvalue weighted by atomic mass is 35.5. The summed E-state index contributed by atoms with van der Waals surface area (Å²) >= 11 is 7.13. The number of halogens is 1. The Kier molecular flexibility index (Phi) is 6.08. The molecule has 1 saturated heterocycles. The Balaban J connectivity index is 2.00. The van der Waals surface area contributed by atoms with E-state index in [4.69, 9.17) is 11.6 Å². The van der Waals surface area contributed by atoms with Crippen molar-refractivity contribution in [1.29, 1.82) is 5.26 Å². The maximum Gasteiger partial charge on any atom is 0.273 e. The Hall–Kier alpha value is -3.14. The van der Waals surface area contributed by atoms with Crippen LogP contribution in [0.3, 0.4) is 0 Å². The highest BCUT2D eigenvalue weighted by molar-refractivity contribution is 7.07. The summed E-state index contributed by atoms with van der Waals surface area (Å²) in [6, 6.07) is 16.7. The maximum absolute atomic E-state index is 13.4. The van der Waals surface area contributed by atoms with E-state index in [1.807, 2.05) is 43.3 Å². The minimum absolute atomic E-state index is 0.000307. The van der Waals surface area contributed by atoms with Gasteiger partial charge in [-0.1, -0.05) is 41.4 Å². The van der Waals surface area contributed by atoms with Gasteiger partial charge in [0.2, 0.25) is 0 Å². The van der Waals surface area contributed by atoms with Crippen molar-refractivity contribution in [2.45, 2.75) is 19.8 Å². The van der Waals surface area contributed by atoms with Crippen molar-refractivity contribution < 1.29 is 4.79 Å². The zero-order chi connectivity index (χ0) is 22.0. The second-order valence-electron chi connectivity index (χ2n) is 7.43. The molecule has 31 heavy (non-hydrogen) atoms. The number of hydrogen-bond donors (Lipinski definition) is 0. The highest BCUT2D eigenvalue weighted by Crippen LogP contribution is 2.13. The molecular formula is C24H20ClN3O2S. The molecule has 0 N–H and O–H groups in total. The molecule has 0 radical (unpaired) electrons. The van der Waals surface area contributed by atoms with E-state index in [1.54, 1.807) is 23.1 Å². The van der Waals surface area contributed by atoms with Crippen LogP contribution in [0.15, 0.2) is 53.3 Å². The van der Waals surface area contributed by atoms with Gasteiger partial charge < -0.3 is 4.90 Å². The van der Waals surface area contributed by atoms with Crippen molar-refractivity contribution in [1.82, 2.24) is 9.47 Å². The predicted molar refractivity (Wildman–Crippen MR) is 124 cm³/mol. The van der Waals surface area contributed by atoms with E-state index in [9.17, 15) is 14.9 Å². The van der Waals surface area contributed by atoms with Crippen molar-refractivity contribution in [2.24, 2.45) is 0 Å². The second-order valence-corrected chi connectivity index (χ2v) is 8.90. The quantitative estimate of drug-likeness (QED) is 0.617. The molecule has 2 heterocycles. The van der Waals surface area contributed by atoms with Gasteiger partial charge in [-0.05, 0) is 55.7 Å². The molecule has 0 spiro atoms. The smallest absolute Gasteiger partial charge is 0.273 e. The fourth-order valence-electron chi connectivity index (χ4n) is 3.55. The summed E-state index contributed by atoms with van der Waals surface area (Å²) in [6.07, 6.45) is 3.61. The van der Waals surface area contributed by atoms with Crippen molar-refractivity contribution in [2.75, 3.05) is 13.1 Å². The van der Waals surface area contributed by atoms with E-state index < -0.39 is 0 Å². The molecule has 1 amide bonds. The number of carbonyl (C=O) groups excluding carboxylic acids is 1. The predicted octanol–water partition coefficient (Wildman–Crippen LogP) is 2.99. The zero-order valence-electron chi connectivity index (χ0n) is 17.0. The Bertz CT molecular complexity index is 1340. The van der Waals surface area contributed by atoms with Crippen LogP contribution in [0.4, 0.5) is 0 Å². The molecule has 0 unspecified atom stereocenters. The molecule has 5 nitrogen and oxygen atoms in total. The molecule has 3 aromatic rings. The lowest BCUT2D eigenvalue weighted by atomic mass is 10.2. The van der Waals surface area contributed by atoms with Gasteiger partial charge in [0, 0.05) is 18.1 Å². The van der Waals surface area contributed by atoms with Gasteiger partial charge in [0.1, 0.15) is 10.7 Å². The molecule has 1 fully saturated rings. The van der Waals surface area contributed by atoms with Gasteiger partial charge in [-0.15, -0.1) is 11.3 Å². The number of carbonyl (C=O) groups is 1. The fraction of sp³-hybridized carbons (Fsp3) is 0.208. The third-order valence-corrected chi connectivity index (χ3v) is 6.56. The summed E-state index contributed by atoms with van der Waals surface area (Å²) in [4.78, 5) is 28.1. The van der Waals surface area contributed by atoms with Crippen LogP contribution in [0.5, 0.6) is 0 Å². The molecule has 2 aromatic carbocycles. The number of benzene rings is 2. The number of rotatable bonds is 3. The van der Waals surface area contributed by atoms with Crippen LogP contribution < -0.4 is 14.8 Å². The summed E-state index contributed by atoms with van der Waals surface area (Å²) in [7, 11) is 0. The Labute approximate surface area is 188 Å². The summed E-state index contributed by atoms with van der Waals surface area (Å²) in [5.41, 5.74) is 2.23. The van der Waals surface area contributed by atoms with E-state index in [1.165, 1.54) is 4.57 Å². The first-order valence-electron chi connectivity index (χ1n) is 9.98. The van der Waals surface area contributed by atoms with Crippen LogP contribution in [-0.2, 0) is 4.79 Å². The first-order chi connectivity index (χ1) is 15.0. The molecule has 0 bridgehead atoms. The molecule has 0 aliphatic carbocycles. The summed E-state index contributed by atoms with van der Waals surface area (Å²) < 4.78 is 2.27. The largest absolute Gasteiger partial charge is 0.338 e. The molecule has 0 saturated carbocycles. The molecular weight excluding hydrogens is 430 g/mol. The van der Waals surface area contributed by atoms with Crippen LogP contribution in [0.1, 0.15) is 24.0 Å². The number of amides is 1. The van der Waals surface area contributed by atoms with E-state index in [2.05, 4.69) is 6.07 Å². The summed E-state index contributed by atoms with van der Waals surface area (Å²) in [5, 5.41) is 10.5. The lowest BCUT2D eigenvalue weighted by molar-refractivity contribution is -0.123. The van der Waals surface area contributed by atoms with Gasteiger partial charge in [-0.3, -0.25) is 14.2 Å². The number of nitriles is 1. The highest BCUT2D eigenvalue weighted by Gasteiger charge is 2.24. The number of thiazole rings is 1. The van der Waals surface area contributed by atoms with Gasteiger partial charge in [0.25, 0.3) is 11.5 Å². The lowest BCUT2D eigenvalue weighted by Crippen LogP contribution is -2.35. The third-order valence-electron chi connectivity index (χ3n) is 5.22. The van der Waals surface area contributed by atoms with Gasteiger partial charge in [-0.25, -0.2) is 0 Å². The minimum Gasteiger partial charge on any atom is -0.338 e. The molecule has 7 heteroatoms. The van der Waals surface area contributed by atoms with Crippen molar-refractivity contribution in [3.63, 3.8) is 0 Å². The van der Waals surface area contributed by atoms with Crippen molar-refractivity contribution >= 4 is 40.5 Å². The fourth-order valence-corrected chi connectivity index (χ4v) is 4.78. The Morgan fingerprint density at radius 3 is 2.35 bits per heavy atom. The van der Waals surface area contributed by atoms with E-state index in [0.717, 1.165) is 35.3 Å². The molecule has 1 aliphatic rings. The molecule has 156 valence electrons. The van der Waals surface area contributed by atoms with Crippen LogP contribution in [0.2, 0.25) is 5.02 Å². The second kappa shape index (κ2) is 8.93. The topological polar surface area (TPSA) is 66.1 Å². The number of likely N-dealkylation sites (tertiary alicyclic amines) is 1. The van der Waals surface area contributed by atoms with E-state index >= 15 is 0 Å². The number of aryl methyl sites for hydroxylation is 1. The average Bonchev–Trinajstić information content (AvgIpc) is 3.40. The molecule has 1 aliphatic heterocycles. The Morgan fingerprint density at radius 2 is 1.74 bits per heavy atom. The van der Waals surface area contributed by atoms with Crippen LogP contribution >= 0.6 is 22.9 Å².